The third-order valence-corrected chi connectivity index (χ3v) is 3.89. The van der Waals surface area contributed by atoms with E-state index in [-0.39, 0.29) is 0 Å². The first-order chi connectivity index (χ1) is 9.69. The number of rotatable bonds is 3. The van der Waals surface area contributed by atoms with Gasteiger partial charge in [-0.25, -0.2) is 9.97 Å². The first-order valence-corrected chi connectivity index (χ1v) is 7.21. The average molecular weight is 293 g/mol. The first-order valence-electron chi connectivity index (χ1n) is 6.83. The molecule has 0 spiro atoms. The van der Waals surface area contributed by atoms with E-state index in [1.165, 1.54) is 0 Å². The molecule has 3 heterocycles. The smallest absolute Gasteiger partial charge is 0.152 e. The summed E-state index contributed by atoms with van der Waals surface area (Å²) in [4.78, 5) is 11.2. The summed E-state index contributed by atoms with van der Waals surface area (Å²) in [5.41, 5.74) is 0.930. The molecule has 0 aromatic carbocycles. The molecule has 0 saturated heterocycles. The molecule has 2 aromatic rings. The maximum absolute atomic E-state index is 6.24. The summed E-state index contributed by atoms with van der Waals surface area (Å²) in [6, 6.07) is 0. The topological polar surface area (TPSA) is 59.7 Å². The van der Waals surface area contributed by atoms with Crippen molar-refractivity contribution in [2.24, 2.45) is 0 Å². The second-order valence-corrected chi connectivity index (χ2v) is 5.35. The Labute approximate surface area is 122 Å². The molecule has 0 atom stereocenters. The van der Waals surface area contributed by atoms with Crippen LogP contribution in [0.3, 0.4) is 0 Å². The minimum atomic E-state index is 0.547. The zero-order chi connectivity index (χ0) is 14.1. The molecule has 0 saturated carbocycles. The van der Waals surface area contributed by atoms with Gasteiger partial charge in [-0.1, -0.05) is 18.5 Å². The van der Waals surface area contributed by atoms with Gasteiger partial charge in [0.15, 0.2) is 5.82 Å². The van der Waals surface area contributed by atoms with Gasteiger partial charge in [-0.05, 0) is 13.3 Å². The first kappa shape index (κ1) is 13.3. The van der Waals surface area contributed by atoms with Gasteiger partial charge in [0, 0.05) is 25.1 Å². The lowest BCUT2D eigenvalue weighted by Gasteiger charge is -2.29. The quantitative estimate of drug-likeness (QED) is 0.810. The fourth-order valence-corrected chi connectivity index (χ4v) is 2.59. The molecular weight excluding hydrogens is 276 g/mol. The molecule has 20 heavy (non-hydrogen) atoms. The van der Waals surface area contributed by atoms with E-state index < -0.39 is 0 Å². The molecule has 3 rings (SSSR count). The van der Waals surface area contributed by atoms with Crippen LogP contribution in [-0.2, 0) is 19.5 Å². The minimum Gasteiger partial charge on any atom is -0.347 e. The van der Waals surface area contributed by atoms with Crippen molar-refractivity contribution in [3.63, 3.8) is 0 Å². The lowest BCUT2D eigenvalue weighted by molar-refractivity contribution is 0.554. The van der Waals surface area contributed by atoms with Gasteiger partial charge in [-0.3, -0.25) is 0 Å². The molecule has 0 fully saturated rings. The molecule has 7 heteroatoms. The molecule has 0 aliphatic carbocycles. The SMILES string of the molecule is CCCc1nc(Cl)c(C)c(N2CCn3cnnc3C2)n1. The summed E-state index contributed by atoms with van der Waals surface area (Å²) in [7, 11) is 0. The Morgan fingerprint density at radius 1 is 1.30 bits per heavy atom. The van der Waals surface area contributed by atoms with E-state index in [1.807, 2.05) is 6.92 Å². The fourth-order valence-electron chi connectivity index (χ4n) is 2.41. The predicted molar refractivity (Wildman–Crippen MR) is 76.8 cm³/mol. The molecule has 0 unspecified atom stereocenters. The highest BCUT2D eigenvalue weighted by molar-refractivity contribution is 6.30. The van der Waals surface area contributed by atoms with E-state index in [0.29, 0.717) is 11.7 Å². The standard InChI is InChI=1S/C13H17ClN6/c1-3-4-10-16-12(14)9(2)13(17-10)19-5-6-20-8-15-18-11(20)7-19/h8H,3-7H2,1-2H3. The van der Waals surface area contributed by atoms with Crippen molar-refractivity contribution in [3.05, 3.63) is 28.7 Å². The molecule has 1 aliphatic rings. The van der Waals surface area contributed by atoms with Crippen LogP contribution in [0.5, 0.6) is 0 Å². The van der Waals surface area contributed by atoms with Crippen molar-refractivity contribution in [2.45, 2.75) is 39.8 Å². The molecule has 106 valence electrons. The van der Waals surface area contributed by atoms with Gasteiger partial charge in [-0.2, -0.15) is 0 Å². The van der Waals surface area contributed by atoms with Crippen LogP contribution in [0.15, 0.2) is 6.33 Å². The highest BCUT2D eigenvalue weighted by Crippen LogP contribution is 2.26. The number of anilines is 1. The molecule has 0 N–H and O–H groups in total. The van der Waals surface area contributed by atoms with Crippen LogP contribution in [0, 0.1) is 6.92 Å². The van der Waals surface area contributed by atoms with Gasteiger partial charge in [0.2, 0.25) is 0 Å². The number of hydrogen-bond acceptors (Lipinski definition) is 5. The monoisotopic (exact) mass is 292 g/mol. The summed E-state index contributed by atoms with van der Waals surface area (Å²) in [6.45, 7) is 6.53. The van der Waals surface area contributed by atoms with Gasteiger partial charge in [0.1, 0.15) is 23.1 Å². The number of hydrogen-bond donors (Lipinski definition) is 0. The van der Waals surface area contributed by atoms with Crippen molar-refractivity contribution in [2.75, 3.05) is 11.4 Å². The van der Waals surface area contributed by atoms with Crippen molar-refractivity contribution in [1.29, 1.82) is 0 Å². The maximum Gasteiger partial charge on any atom is 0.152 e. The summed E-state index contributed by atoms with van der Waals surface area (Å²) >= 11 is 6.24. The van der Waals surface area contributed by atoms with Crippen molar-refractivity contribution in [3.8, 4) is 0 Å². The largest absolute Gasteiger partial charge is 0.347 e. The lowest BCUT2D eigenvalue weighted by atomic mass is 10.2. The van der Waals surface area contributed by atoms with Gasteiger partial charge in [-0.15, -0.1) is 10.2 Å². The molecule has 0 radical (unpaired) electrons. The number of aromatic nitrogens is 5. The van der Waals surface area contributed by atoms with Crippen LogP contribution in [0.4, 0.5) is 5.82 Å². The van der Waals surface area contributed by atoms with Crippen molar-refractivity contribution in [1.82, 2.24) is 24.7 Å². The summed E-state index contributed by atoms with van der Waals surface area (Å²) in [5, 5.41) is 8.63. The zero-order valence-electron chi connectivity index (χ0n) is 11.7. The van der Waals surface area contributed by atoms with E-state index in [2.05, 4.69) is 36.6 Å². The Balaban J connectivity index is 1.94. The Morgan fingerprint density at radius 2 is 2.15 bits per heavy atom. The molecular formula is C13H17ClN6. The Morgan fingerprint density at radius 3 is 2.95 bits per heavy atom. The van der Waals surface area contributed by atoms with E-state index in [4.69, 9.17) is 11.6 Å². The third-order valence-electron chi connectivity index (χ3n) is 3.52. The van der Waals surface area contributed by atoms with E-state index in [1.54, 1.807) is 6.33 Å². The Kier molecular flexibility index (Phi) is 3.56. The predicted octanol–water partition coefficient (Wildman–Crippen LogP) is 2.00. The van der Waals surface area contributed by atoms with E-state index in [9.17, 15) is 0 Å². The number of aryl methyl sites for hydroxylation is 1. The zero-order valence-corrected chi connectivity index (χ0v) is 12.4. The van der Waals surface area contributed by atoms with E-state index >= 15 is 0 Å². The van der Waals surface area contributed by atoms with Crippen LogP contribution < -0.4 is 4.90 Å². The van der Waals surface area contributed by atoms with E-state index in [0.717, 1.165) is 49.0 Å². The molecule has 6 nitrogen and oxygen atoms in total. The minimum absolute atomic E-state index is 0.547. The van der Waals surface area contributed by atoms with Crippen LogP contribution >= 0.6 is 11.6 Å². The van der Waals surface area contributed by atoms with Crippen molar-refractivity contribution < 1.29 is 0 Å². The molecule has 2 aromatic heterocycles. The normalized spacial score (nSPS) is 14.4. The van der Waals surface area contributed by atoms with Gasteiger partial charge < -0.3 is 9.47 Å². The molecule has 0 bridgehead atoms. The van der Waals surface area contributed by atoms with Crippen molar-refractivity contribution >= 4 is 17.4 Å². The molecule has 1 aliphatic heterocycles. The van der Waals surface area contributed by atoms with Crippen LogP contribution in [0.1, 0.15) is 30.6 Å². The summed E-state index contributed by atoms with van der Waals surface area (Å²) in [5.74, 6) is 2.69. The highest BCUT2D eigenvalue weighted by atomic mass is 35.5. The molecule has 0 amide bonds. The summed E-state index contributed by atoms with van der Waals surface area (Å²) in [6.07, 6.45) is 3.62. The van der Waals surface area contributed by atoms with Gasteiger partial charge >= 0.3 is 0 Å². The van der Waals surface area contributed by atoms with Crippen LogP contribution in [0.2, 0.25) is 5.15 Å². The Bertz CT molecular complexity index is 623. The average Bonchev–Trinajstić information content (AvgIpc) is 2.90. The third kappa shape index (κ3) is 2.35. The maximum atomic E-state index is 6.24. The number of fused-ring (bicyclic) bond motifs is 1. The number of halogens is 1. The highest BCUT2D eigenvalue weighted by Gasteiger charge is 2.22. The van der Waals surface area contributed by atoms with Crippen LogP contribution in [0.25, 0.3) is 0 Å². The lowest BCUT2D eigenvalue weighted by Crippen LogP contribution is -2.35. The fraction of sp³-hybridized carbons (Fsp3) is 0.538. The Hall–Kier alpha value is -1.69. The van der Waals surface area contributed by atoms with Gasteiger partial charge in [0.25, 0.3) is 0 Å². The second-order valence-electron chi connectivity index (χ2n) is 4.99. The number of nitrogens with zero attached hydrogens (tertiary/aromatic N) is 6. The summed E-state index contributed by atoms with van der Waals surface area (Å²) < 4.78 is 2.07. The second kappa shape index (κ2) is 5.36. The van der Waals surface area contributed by atoms with Crippen LogP contribution in [-0.4, -0.2) is 31.3 Å². The van der Waals surface area contributed by atoms with Gasteiger partial charge in [0.05, 0.1) is 6.54 Å².